The summed E-state index contributed by atoms with van der Waals surface area (Å²) in [6.45, 7) is 6.57. The van der Waals surface area contributed by atoms with Gasteiger partial charge in [0.2, 0.25) is 0 Å². The summed E-state index contributed by atoms with van der Waals surface area (Å²) >= 11 is 0. The maximum absolute atomic E-state index is 13.5. The van der Waals surface area contributed by atoms with E-state index in [0.717, 1.165) is 66.8 Å². The van der Waals surface area contributed by atoms with Gasteiger partial charge in [0.25, 0.3) is 0 Å². The first-order valence-corrected chi connectivity index (χ1v) is 10.6. The number of hydrogen-bond acceptors (Lipinski definition) is 6. The molecule has 1 aliphatic rings. The first-order valence-electron chi connectivity index (χ1n) is 10.6. The minimum absolute atomic E-state index is 0.281. The topological polar surface area (TPSA) is 63.2 Å². The van der Waals surface area contributed by atoms with Crippen molar-refractivity contribution < 1.29 is 9.13 Å². The molecule has 0 amide bonds. The van der Waals surface area contributed by atoms with Gasteiger partial charge < -0.3 is 10.1 Å². The molecule has 162 valence electrons. The van der Waals surface area contributed by atoms with Crippen LogP contribution in [-0.2, 0) is 6.54 Å². The standard InChI is InChI=1S/C24H28FN5O/c1-16-8-9-26-23(11-16)29-24-13-21(27-17(2)28-24)18-5-4-10-30(14-18)15-19-6-7-20(25)12-22(19)31-3/h6-9,11-13,18H,4-5,10,14-15H2,1-3H3,(H,26,27,28,29). The second-order valence-electron chi connectivity index (χ2n) is 8.10. The van der Waals surface area contributed by atoms with Gasteiger partial charge in [-0.05, 0) is 57.0 Å². The predicted octanol–water partition coefficient (Wildman–Crippen LogP) is 4.76. The molecule has 4 rings (SSSR count). The van der Waals surface area contributed by atoms with Crippen molar-refractivity contribution in [2.75, 3.05) is 25.5 Å². The predicted molar refractivity (Wildman–Crippen MR) is 119 cm³/mol. The lowest BCUT2D eigenvalue weighted by Gasteiger charge is -2.33. The van der Waals surface area contributed by atoms with Crippen LogP contribution in [0.1, 0.15) is 41.4 Å². The molecule has 0 saturated carbocycles. The molecule has 0 bridgehead atoms. The number of nitrogens with zero attached hydrogens (tertiary/aromatic N) is 4. The van der Waals surface area contributed by atoms with E-state index in [4.69, 9.17) is 9.72 Å². The van der Waals surface area contributed by atoms with Crippen molar-refractivity contribution in [1.82, 2.24) is 19.9 Å². The van der Waals surface area contributed by atoms with E-state index in [2.05, 4.69) is 20.2 Å². The van der Waals surface area contributed by atoms with Crippen molar-refractivity contribution in [2.45, 2.75) is 39.2 Å². The van der Waals surface area contributed by atoms with Gasteiger partial charge in [-0.3, -0.25) is 4.90 Å². The highest BCUT2D eigenvalue weighted by molar-refractivity contribution is 5.52. The quantitative estimate of drug-likeness (QED) is 0.619. The van der Waals surface area contributed by atoms with Gasteiger partial charge in [-0.2, -0.15) is 0 Å². The zero-order valence-corrected chi connectivity index (χ0v) is 18.2. The molecule has 3 heterocycles. The number of hydrogen-bond donors (Lipinski definition) is 1. The number of halogens is 1. The zero-order chi connectivity index (χ0) is 21.8. The van der Waals surface area contributed by atoms with Gasteiger partial charge in [-0.25, -0.2) is 19.3 Å². The van der Waals surface area contributed by atoms with E-state index in [-0.39, 0.29) is 5.82 Å². The van der Waals surface area contributed by atoms with E-state index in [1.807, 2.05) is 38.1 Å². The van der Waals surface area contributed by atoms with Crippen molar-refractivity contribution in [2.24, 2.45) is 0 Å². The number of benzene rings is 1. The van der Waals surface area contributed by atoms with Crippen LogP contribution >= 0.6 is 0 Å². The summed E-state index contributed by atoms with van der Waals surface area (Å²) in [6, 6.07) is 10.7. The van der Waals surface area contributed by atoms with Crippen LogP contribution in [0.2, 0.25) is 0 Å². The number of anilines is 2. The van der Waals surface area contributed by atoms with Crippen molar-refractivity contribution in [3.05, 3.63) is 71.1 Å². The molecule has 1 aromatic carbocycles. The molecule has 3 aromatic rings. The van der Waals surface area contributed by atoms with Crippen molar-refractivity contribution in [3.8, 4) is 5.75 Å². The third-order valence-electron chi connectivity index (χ3n) is 5.60. The normalized spacial score (nSPS) is 16.8. The van der Waals surface area contributed by atoms with Gasteiger partial charge in [0.1, 0.15) is 29.0 Å². The van der Waals surface area contributed by atoms with Crippen LogP contribution in [0, 0.1) is 19.7 Å². The summed E-state index contributed by atoms with van der Waals surface area (Å²) in [5.74, 6) is 2.91. The van der Waals surface area contributed by atoms with Crippen LogP contribution in [0.4, 0.5) is 16.0 Å². The zero-order valence-electron chi connectivity index (χ0n) is 18.2. The SMILES string of the molecule is COc1cc(F)ccc1CN1CCCC(c2cc(Nc3cc(C)ccn3)nc(C)n2)C1. The number of likely N-dealkylation sites (tertiary alicyclic amines) is 1. The Morgan fingerprint density at radius 1 is 1.13 bits per heavy atom. The van der Waals surface area contributed by atoms with E-state index < -0.39 is 0 Å². The van der Waals surface area contributed by atoms with Gasteiger partial charge in [-0.15, -0.1) is 0 Å². The summed E-state index contributed by atoms with van der Waals surface area (Å²) in [5, 5.41) is 3.31. The third kappa shape index (κ3) is 5.35. The molecule has 31 heavy (non-hydrogen) atoms. The molecule has 1 unspecified atom stereocenters. The van der Waals surface area contributed by atoms with Crippen LogP contribution in [0.15, 0.2) is 42.6 Å². The minimum atomic E-state index is -0.281. The van der Waals surface area contributed by atoms with E-state index in [0.29, 0.717) is 11.7 Å². The minimum Gasteiger partial charge on any atom is -0.496 e. The lowest BCUT2D eigenvalue weighted by atomic mass is 9.94. The van der Waals surface area contributed by atoms with Crippen LogP contribution in [0.25, 0.3) is 0 Å². The number of aryl methyl sites for hydroxylation is 2. The number of nitrogens with one attached hydrogen (secondary N) is 1. The molecule has 6 nitrogen and oxygen atoms in total. The average molecular weight is 422 g/mol. The Morgan fingerprint density at radius 3 is 2.81 bits per heavy atom. The summed E-state index contributed by atoms with van der Waals surface area (Å²) in [5.41, 5.74) is 3.18. The van der Waals surface area contributed by atoms with Crippen molar-refractivity contribution >= 4 is 11.6 Å². The molecule has 1 N–H and O–H groups in total. The Hall–Kier alpha value is -3.06. The lowest BCUT2D eigenvalue weighted by molar-refractivity contribution is 0.196. The van der Waals surface area contributed by atoms with E-state index in [1.165, 1.54) is 12.1 Å². The molecule has 2 aromatic heterocycles. The van der Waals surface area contributed by atoms with Crippen LogP contribution in [-0.4, -0.2) is 40.1 Å². The van der Waals surface area contributed by atoms with E-state index >= 15 is 0 Å². The summed E-state index contributed by atoms with van der Waals surface area (Å²) in [7, 11) is 1.58. The monoisotopic (exact) mass is 421 g/mol. The second kappa shape index (κ2) is 9.39. The van der Waals surface area contributed by atoms with Gasteiger partial charge in [0.15, 0.2) is 0 Å². The van der Waals surface area contributed by atoms with Crippen LogP contribution < -0.4 is 10.1 Å². The molecule has 1 aliphatic heterocycles. The molecule has 0 aliphatic carbocycles. The van der Waals surface area contributed by atoms with E-state index in [9.17, 15) is 4.39 Å². The highest BCUT2D eigenvalue weighted by atomic mass is 19.1. The molecule has 1 saturated heterocycles. The molecule has 1 atom stereocenters. The average Bonchev–Trinajstić information content (AvgIpc) is 2.75. The summed E-state index contributed by atoms with van der Waals surface area (Å²) in [4.78, 5) is 16.0. The smallest absolute Gasteiger partial charge is 0.135 e. The summed E-state index contributed by atoms with van der Waals surface area (Å²) in [6.07, 6.45) is 3.95. The molecule has 0 spiro atoms. The maximum atomic E-state index is 13.5. The Bertz CT molecular complexity index is 1060. The number of pyridine rings is 1. The fraction of sp³-hybridized carbons (Fsp3) is 0.375. The Balaban J connectivity index is 1.50. The molecule has 7 heteroatoms. The van der Waals surface area contributed by atoms with Gasteiger partial charge >= 0.3 is 0 Å². The maximum Gasteiger partial charge on any atom is 0.135 e. The Labute approximate surface area is 182 Å². The van der Waals surface area contributed by atoms with Gasteiger partial charge in [0, 0.05) is 42.9 Å². The molecular formula is C24H28FN5O. The number of methoxy groups -OCH3 is 1. The number of aromatic nitrogens is 3. The van der Waals surface area contributed by atoms with Crippen LogP contribution in [0.5, 0.6) is 5.75 Å². The fourth-order valence-electron chi connectivity index (χ4n) is 4.13. The highest BCUT2D eigenvalue weighted by Crippen LogP contribution is 2.30. The summed E-state index contributed by atoms with van der Waals surface area (Å²) < 4.78 is 18.9. The number of rotatable bonds is 6. The number of piperidine rings is 1. The largest absolute Gasteiger partial charge is 0.496 e. The first-order chi connectivity index (χ1) is 15.0. The lowest BCUT2D eigenvalue weighted by Crippen LogP contribution is -2.34. The second-order valence-corrected chi connectivity index (χ2v) is 8.10. The Morgan fingerprint density at radius 2 is 2.00 bits per heavy atom. The van der Waals surface area contributed by atoms with Crippen molar-refractivity contribution in [3.63, 3.8) is 0 Å². The van der Waals surface area contributed by atoms with Gasteiger partial charge in [0.05, 0.1) is 12.8 Å². The van der Waals surface area contributed by atoms with Crippen molar-refractivity contribution in [1.29, 1.82) is 0 Å². The highest BCUT2D eigenvalue weighted by Gasteiger charge is 2.24. The third-order valence-corrected chi connectivity index (χ3v) is 5.60. The van der Waals surface area contributed by atoms with Crippen LogP contribution in [0.3, 0.4) is 0 Å². The van der Waals surface area contributed by atoms with E-state index in [1.54, 1.807) is 13.3 Å². The Kier molecular flexibility index (Phi) is 6.42. The van der Waals surface area contributed by atoms with Gasteiger partial charge in [-0.1, -0.05) is 6.07 Å². The fourth-order valence-corrected chi connectivity index (χ4v) is 4.13. The molecule has 1 fully saturated rings. The molecular weight excluding hydrogens is 393 g/mol. The number of ether oxygens (including phenoxy) is 1. The molecule has 0 radical (unpaired) electrons. The first kappa shape index (κ1) is 21.2.